The zero-order chi connectivity index (χ0) is 22.9. The SMILES string of the molecule is CCCCCCCCC(O)/C=C/C=C/C1CCCCC1C(CCCC(=O)O)OC(C)=O. The molecule has 0 aromatic heterocycles. The molecule has 0 aliphatic heterocycles. The zero-order valence-electron chi connectivity index (χ0n) is 19.6. The maximum atomic E-state index is 11.6. The van der Waals surface area contributed by atoms with Crippen LogP contribution in [0.4, 0.5) is 0 Å². The maximum absolute atomic E-state index is 11.6. The second kappa shape index (κ2) is 17.0. The van der Waals surface area contributed by atoms with Gasteiger partial charge in [0.25, 0.3) is 0 Å². The summed E-state index contributed by atoms with van der Waals surface area (Å²) in [6.45, 7) is 3.64. The molecule has 0 radical (unpaired) electrons. The number of hydrogen-bond acceptors (Lipinski definition) is 4. The predicted molar refractivity (Wildman–Crippen MR) is 125 cm³/mol. The van der Waals surface area contributed by atoms with Crippen molar-refractivity contribution in [2.75, 3.05) is 0 Å². The summed E-state index contributed by atoms with van der Waals surface area (Å²) in [5, 5.41) is 19.1. The van der Waals surface area contributed by atoms with E-state index >= 15 is 0 Å². The smallest absolute Gasteiger partial charge is 0.303 e. The lowest BCUT2D eigenvalue weighted by Crippen LogP contribution is -2.33. The van der Waals surface area contributed by atoms with Gasteiger partial charge < -0.3 is 14.9 Å². The van der Waals surface area contributed by atoms with Crippen molar-refractivity contribution in [2.45, 2.75) is 116 Å². The van der Waals surface area contributed by atoms with Crippen LogP contribution in [0.3, 0.4) is 0 Å². The van der Waals surface area contributed by atoms with Gasteiger partial charge in [-0.25, -0.2) is 0 Å². The van der Waals surface area contributed by atoms with Crippen molar-refractivity contribution < 1.29 is 24.5 Å². The number of rotatable bonds is 16. The summed E-state index contributed by atoms with van der Waals surface area (Å²) >= 11 is 0. The van der Waals surface area contributed by atoms with E-state index in [1.165, 1.54) is 39.0 Å². The predicted octanol–water partition coefficient (Wildman–Crippen LogP) is 6.20. The van der Waals surface area contributed by atoms with Crippen molar-refractivity contribution in [3.8, 4) is 0 Å². The quantitative estimate of drug-likeness (QED) is 0.171. The molecule has 4 unspecified atom stereocenters. The second-order valence-electron chi connectivity index (χ2n) is 8.94. The number of carboxylic acids is 1. The lowest BCUT2D eigenvalue weighted by Gasteiger charge is -2.35. The number of aliphatic hydroxyl groups is 1. The topological polar surface area (TPSA) is 83.8 Å². The minimum Gasteiger partial charge on any atom is -0.481 e. The van der Waals surface area contributed by atoms with Crippen molar-refractivity contribution in [3.63, 3.8) is 0 Å². The number of allylic oxidation sites excluding steroid dienone is 3. The molecule has 2 N–H and O–H groups in total. The molecule has 178 valence electrons. The van der Waals surface area contributed by atoms with Crippen LogP contribution in [0.2, 0.25) is 0 Å². The van der Waals surface area contributed by atoms with Crippen molar-refractivity contribution in [3.05, 3.63) is 24.3 Å². The molecule has 0 bridgehead atoms. The lowest BCUT2D eigenvalue weighted by atomic mass is 9.75. The summed E-state index contributed by atoms with van der Waals surface area (Å²) in [7, 11) is 0. The molecule has 31 heavy (non-hydrogen) atoms. The fourth-order valence-electron chi connectivity index (χ4n) is 4.55. The maximum Gasteiger partial charge on any atom is 0.303 e. The van der Waals surface area contributed by atoms with Crippen LogP contribution in [0.15, 0.2) is 24.3 Å². The highest BCUT2D eigenvalue weighted by atomic mass is 16.5. The van der Waals surface area contributed by atoms with Gasteiger partial charge in [0.2, 0.25) is 0 Å². The van der Waals surface area contributed by atoms with E-state index in [-0.39, 0.29) is 24.4 Å². The van der Waals surface area contributed by atoms with Crippen LogP contribution in [-0.4, -0.2) is 34.4 Å². The Kier molecular flexibility index (Phi) is 15.0. The number of carboxylic acid groups (broad SMARTS) is 1. The molecule has 5 nitrogen and oxygen atoms in total. The van der Waals surface area contributed by atoms with E-state index in [1.807, 2.05) is 18.2 Å². The van der Waals surface area contributed by atoms with Crippen LogP contribution in [-0.2, 0) is 14.3 Å². The Morgan fingerprint density at radius 1 is 1.00 bits per heavy atom. The summed E-state index contributed by atoms with van der Waals surface area (Å²) in [6, 6.07) is 0. The average Bonchev–Trinajstić information content (AvgIpc) is 2.73. The second-order valence-corrected chi connectivity index (χ2v) is 8.94. The molecule has 0 heterocycles. The number of carbonyl (C=O) groups is 2. The minimum atomic E-state index is -0.814. The molecular weight excluding hydrogens is 392 g/mol. The summed E-state index contributed by atoms with van der Waals surface area (Å²) in [6.07, 6.45) is 21.0. The Bertz CT molecular complexity index is 554. The molecule has 0 spiro atoms. The molecule has 5 heteroatoms. The lowest BCUT2D eigenvalue weighted by molar-refractivity contribution is -0.151. The third-order valence-corrected chi connectivity index (χ3v) is 6.21. The monoisotopic (exact) mass is 436 g/mol. The van der Waals surface area contributed by atoms with Crippen LogP contribution in [0.25, 0.3) is 0 Å². The number of esters is 1. The number of ether oxygens (including phenoxy) is 1. The van der Waals surface area contributed by atoms with Gasteiger partial charge in [-0.05, 0) is 38.0 Å². The Morgan fingerprint density at radius 3 is 2.42 bits per heavy atom. The molecule has 0 aromatic rings. The van der Waals surface area contributed by atoms with Crippen molar-refractivity contribution in [2.24, 2.45) is 11.8 Å². The van der Waals surface area contributed by atoms with E-state index in [0.717, 1.165) is 38.5 Å². The van der Waals surface area contributed by atoms with E-state index in [0.29, 0.717) is 18.8 Å². The molecule has 1 saturated carbocycles. The van der Waals surface area contributed by atoms with E-state index in [2.05, 4.69) is 13.0 Å². The number of carbonyl (C=O) groups excluding carboxylic acids is 1. The fraction of sp³-hybridized carbons (Fsp3) is 0.769. The third-order valence-electron chi connectivity index (χ3n) is 6.21. The van der Waals surface area contributed by atoms with E-state index in [1.54, 1.807) is 0 Å². The van der Waals surface area contributed by atoms with Gasteiger partial charge in [0.1, 0.15) is 6.10 Å². The highest BCUT2D eigenvalue weighted by Gasteiger charge is 2.32. The Morgan fingerprint density at radius 2 is 1.71 bits per heavy atom. The highest BCUT2D eigenvalue weighted by Crippen LogP contribution is 2.36. The number of unbranched alkanes of at least 4 members (excludes halogenated alkanes) is 5. The molecule has 0 amide bonds. The number of aliphatic carboxylic acids is 1. The first-order chi connectivity index (χ1) is 14.9. The van der Waals surface area contributed by atoms with E-state index in [9.17, 15) is 14.7 Å². The van der Waals surface area contributed by atoms with Crippen molar-refractivity contribution in [1.29, 1.82) is 0 Å². The Hall–Kier alpha value is -1.62. The molecule has 0 saturated heterocycles. The normalized spacial score (nSPS) is 21.4. The van der Waals surface area contributed by atoms with Gasteiger partial charge in [0.15, 0.2) is 0 Å². The van der Waals surface area contributed by atoms with Gasteiger partial charge in [0, 0.05) is 19.3 Å². The highest BCUT2D eigenvalue weighted by molar-refractivity contribution is 5.67. The van der Waals surface area contributed by atoms with Gasteiger partial charge in [-0.2, -0.15) is 0 Å². The Labute approximate surface area is 189 Å². The van der Waals surface area contributed by atoms with E-state index in [4.69, 9.17) is 9.84 Å². The van der Waals surface area contributed by atoms with E-state index < -0.39 is 12.1 Å². The first kappa shape index (κ1) is 27.4. The van der Waals surface area contributed by atoms with Gasteiger partial charge in [-0.1, -0.05) is 82.6 Å². The first-order valence-corrected chi connectivity index (χ1v) is 12.4. The number of aliphatic hydroxyl groups excluding tert-OH is 1. The first-order valence-electron chi connectivity index (χ1n) is 12.4. The van der Waals surface area contributed by atoms with Crippen LogP contribution < -0.4 is 0 Å². The molecule has 1 aliphatic rings. The van der Waals surface area contributed by atoms with Gasteiger partial charge in [-0.15, -0.1) is 0 Å². The van der Waals surface area contributed by atoms with Gasteiger partial charge in [0.05, 0.1) is 6.10 Å². The molecule has 4 atom stereocenters. The Balaban J connectivity index is 2.52. The average molecular weight is 437 g/mol. The molecular formula is C26H44O5. The van der Waals surface area contributed by atoms with Gasteiger partial charge in [-0.3, -0.25) is 9.59 Å². The van der Waals surface area contributed by atoms with Crippen molar-refractivity contribution in [1.82, 2.24) is 0 Å². The van der Waals surface area contributed by atoms with Gasteiger partial charge >= 0.3 is 11.9 Å². The van der Waals surface area contributed by atoms with Crippen LogP contribution in [0, 0.1) is 11.8 Å². The summed E-state index contributed by atoms with van der Waals surface area (Å²) in [5.41, 5.74) is 0. The molecule has 1 aliphatic carbocycles. The zero-order valence-corrected chi connectivity index (χ0v) is 19.6. The van der Waals surface area contributed by atoms with Crippen LogP contribution in [0.1, 0.15) is 104 Å². The largest absolute Gasteiger partial charge is 0.481 e. The molecule has 0 aromatic carbocycles. The fourth-order valence-corrected chi connectivity index (χ4v) is 4.55. The summed E-state index contributed by atoms with van der Waals surface area (Å²) in [4.78, 5) is 22.5. The summed E-state index contributed by atoms with van der Waals surface area (Å²) in [5.74, 6) is -0.579. The van der Waals surface area contributed by atoms with Crippen molar-refractivity contribution >= 4 is 11.9 Å². The van der Waals surface area contributed by atoms with Crippen LogP contribution in [0.5, 0.6) is 0 Å². The third kappa shape index (κ3) is 13.4. The summed E-state index contributed by atoms with van der Waals surface area (Å²) < 4.78 is 5.60. The standard InChI is InChI=1S/C26H44O5/c1-3-4-5-6-7-8-16-23(28)17-11-9-14-22-15-10-12-18-24(22)25(31-21(2)27)19-13-20-26(29)30/h9,11,14,17,22-25,28H,3-8,10,12-13,15-16,18-20H2,1-2H3,(H,29,30)/b14-9+,17-11+. The molecule has 1 rings (SSSR count). The minimum absolute atomic E-state index is 0.101. The molecule has 1 fully saturated rings. The number of hydrogen-bond donors (Lipinski definition) is 2. The van der Waals surface area contributed by atoms with Crippen LogP contribution >= 0.6 is 0 Å².